The van der Waals surface area contributed by atoms with Crippen LogP contribution in [-0.4, -0.2) is 21.9 Å². The third-order valence-corrected chi connectivity index (χ3v) is 5.97. The van der Waals surface area contributed by atoms with Gasteiger partial charge in [-0.3, -0.25) is 0 Å². The molecule has 1 saturated carbocycles. The minimum absolute atomic E-state index is 0.0267. The Balaban J connectivity index is 1.90. The third-order valence-electron chi connectivity index (χ3n) is 5.54. The van der Waals surface area contributed by atoms with E-state index in [2.05, 4.69) is 20.8 Å². The predicted molar refractivity (Wildman–Crippen MR) is 67.9 cm³/mol. The summed E-state index contributed by atoms with van der Waals surface area (Å²) in [6.45, 7) is 6.67. The average molecular weight is 259 g/mol. The van der Waals surface area contributed by atoms with Gasteiger partial charge in [0.2, 0.25) is 0 Å². The number of aliphatic hydroxyl groups is 1. The molecular weight excluding hydrogens is 236 g/mol. The fourth-order valence-corrected chi connectivity index (χ4v) is 4.57. The van der Waals surface area contributed by atoms with Crippen molar-refractivity contribution >= 4 is 11.6 Å². The van der Waals surface area contributed by atoms with E-state index in [9.17, 15) is 5.11 Å². The van der Waals surface area contributed by atoms with Gasteiger partial charge >= 0.3 is 0 Å². The van der Waals surface area contributed by atoms with Crippen LogP contribution in [0.4, 0.5) is 0 Å². The van der Waals surface area contributed by atoms with Crippen LogP contribution in [0.2, 0.25) is 0 Å². The van der Waals surface area contributed by atoms with Gasteiger partial charge in [-0.15, -0.1) is 11.6 Å². The SMILES string of the molecule is CC1(C)CC2[C@H]1CC[C@@](C)(Cl)C1CC[C@@]2(O)O1. The first-order valence-electron chi connectivity index (χ1n) is 6.84. The second kappa shape index (κ2) is 3.40. The van der Waals surface area contributed by atoms with Gasteiger partial charge < -0.3 is 9.84 Å². The summed E-state index contributed by atoms with van der Waals surface area (Å²) in [5.74, 6) is 0.00131. The van der Waals surface area contributed by atoms with E-state index in [0.29, 0.717) is 17.3 Å². The van der Waals surface area contributed by atoms with Crippen molar-refractivity contribution in [3.8, 4) is 0 Å². The molecule has 1 N–H and O–H groups in total. The lowest BCUT2D eigenvalue weighted by Crippen LogP contribution is -2.58. The number of hydrogen-bond donors (Lipinski definition) is 1. The van der Waals surface area contributed by atoms with Crippen molar-refractivity contribution in [3.05, 3.63) is 0 Å². The molecule has 1 aliphatic carbocycles. The number of hydrogen-bond acceptors (Lipinski definition) is 2. The maximum Gasteiger partial charge on any atom is 0.169 e. The summed E-state index contributed by atoms with van der Waals surface area (Å²) < 4.78 is 5.96. The number of ether oxygens (including phenoxy) is 1. The summed E-state index contributed by atoms with van der Waals surface area (Å²) in [4.78, 5) is -0.304. The first kappa shape index (κ1) is 12.3. The van der Waals surface area contributed by atoms with Gasteiger partial charge in [0.1, 0.15) is 0 Å². The molecule has 3 fully saturated rings. The highest BCUT2D eigenvalue weighted by Crippen LogP contribution is 2.62. The molecule has 17 heavy (non-hydrogen) atoms. The monoisotopic (exact) mass is 258 g/mol. The van der Waals surface area contributed by atoms with Crippen molar-refractivity contribution < 1.29 is 9.84 Å². The fraction of sp³-hybridized carbons (Fsp3) is 1.00. The second-order valence-electron chi connectivity index (χ2n) is 7.21. The van der Waals surface area contributed by atoms with Crippen LogP contribution in [0.25, 0.3) is 0 Å². The third kappa shape index (κ3) is 1.67. The molecule has 2 unspecified atom stereocenters. The van der Waals surface area contributed by atoms with E-state index in [4.69, 9.17) is 16.3 Å². The van der Waals surface area contributed by atoms with Gasteiger partial charge in [-0.05, 0) is 43.9 Å². The molecule has 0 aromatic heterocycles. The van der Waals surface area contributed by atoms with Gasteiger partial charge in [-0.2, -0.15) is 0 Å². The highest BCUT2D eigenvalue weighted by molar-refractivity contribution is 6.24. The van der Waals surface area contributed by atoms with Crippen LogP contribution in [0.3, 0.4) is 0 Å². The van der Waals surface area contributed by atoms with Gasteiger partial charge in [0, 0.05) is 12.3 Å². The molecule has 5 atom stereocenters. The van der Waals surface area contributed by atoms with Crippen LogP contribution in [0.15, 0.2) is 0 Å². The lowest BCUT2D eigenvalue weighted by atomic mass is 9.51. The molecule has 2 aliphatic heterocycles. The molecule has 2 bridgehead atoms. The largest absolute Gasteiger partial charge is 0.365 e. The molecule has 0 spiro atoms. The molecule has 0 aromatic carbocycles. The second-order valence-corrected chi connectivity index (χ2v) is 8.08. The summed E-state index contributed by atoms with van der Waals surface area (Å²) in [6.07, 6.45) is 4.90. The molecule has 98 valence electrons. The standard InChI is InChI=1S/C14H23ClO2/c1-12(2)8-10-9(12)4-6-13(3,15)11-5-7-14(10,16)17-11/h9-11,16H,4-8H2,1-3H3/t9-,10?,11?,13-,14-/m1/s1. The smallest absolute Gasteiger partial charge is 0.169 e. The molecule has 3 heteroatoms. The van der Waals surface area contributed by atoms with Crippen LogP contribution in [-0.2, 0) is 4.74 Å². The lowest BCUT2D eigenvalue weighted by Gasteiger charge is -2.58. The molecule has 0 radical (unpaired) electrons. The predicted octanol–water partition coefficient (Wildman–Crippen LogP) is 3.31. The molecule has 0 amide bonds. The molecular formula is C14H23ClO2. The Morgan fingerprint density at radius 2 is 1.82 bits per heavy atom. The van der Waals surface area contributed by atoms with E-state index in [0.717, 1.165) is 32.1 Å². The Morgan fingerprint density at radius 3 is 2.47 bits per heavy atom. The zero-order chi connectivity index (χ0) is 12.5. The van der Waals surface area contributed by atoms with Gasteiger partial charge in [-0.1, -0.05) is 13.8 Å². The van der Waals surface area contributed by atoms with Crippen LogP contribution in [0.5, 0.6) is 0 Å². The van der Waals surface area contributed by atoms with Crippen molar-refractivity contribution in [1.29, 1.82) is 0 Å². The van der Waals surface area contributed by atoms with Gasteiger partial charge in [0.15, 0.2) is 5.79 Å². The zero-order valence-corrected chi connectivity index (χ0v) is 11.8. The average Bonchev–Trinajstić information content (AvgIpc) is 2.59. The Kier molecular flexibility index (Phi) is 2.45. The van der Waals surface area contributed by atoms with E-state index in [1.807, 2.05) is 0 Å². The van der Waals surface area contributed by atoms with Crippen molar-refractivity contribution in [3.63, 3.8) is 0 Å². The molecule has 3 aliphatic rings. The van der Waals surface area contributed by atoms with E-state index in [1.165, 1.54) is 0 Å². The van der Waals surface area contributed by atoms with Gasteiger partial charge in [0.05, 0.1) is 11.0 Å². The molecule has 3 rings (SSSR count). The molecule has 2 saturated heterocycles. The number of alkyl halides is 1. The maximum atomic E-state index is 10.7. The first-order valence-corrected chi connectivity index (χ1v) is 7.22. The van der Waals surface area contributed by atoms with Crippen LogP contribution >= 0.6 is 11.6 Å². The van der Waals surface area contributed by atoms with Crippen molar-refractivity contribution in [1.82, 2.24) is 0 Å². The maximum absolute atomic E-state index is 10.7. The van der Waals surface area contributed by atoms with Crippen LogP contribution in [0.1, 0.15) is 52.9 Å². The van der Waals surface area contributed by atoms with E-state index >= 15 is 0 Å². The Hall–Kier alpha value is 0.210. The van der Waals surface area contributed by atoms with Crippen molar-refractivity contribution in [2.45, 2.75) is 69.6 Å². The van der Waals surface area contributed by atoms with Crippen molar-refractivity contribution in [2.75, 3.05) is 0 Å². The van der Waals surface area contributed by atoms with Crippen LogP contribution < -0.4 is 0 Å². The fourth-order valence-electron chi connectivity index (χ4n) is 4.31. The summed E-state index contributed by atoms with van der Waals surface area (Å²) in [5.41, 5.74) is 0.339. The van der Waals surface area contributed by atoms with E-state index in [-0.39, 0.29) is 11.0 Å². The Bertz CT molecular complexity index is 339. The minimum atomic E-state index is -0.887. The van der Waals surface area contributed by atoms with Gasteiger partial charge in [0.25, 0.3) is 0 Å². The van der Waals surface area contributed by atoms with E-state index in [1.54, 1.807) is 0 Å². The molecule has 2 nitrogen and oxygen atoms in total. The van der Waals surface area contributed by atoms with Crippen molar-refractivity contribution in [2.24, 2.45) is 17.3 Å². The zero-order valence-electron chi connectivity index (χ0n) is 11.0. The highest BCUT2D eigenvalue weighted by atomic mass is 35.5. The summed E-state index contributed by atoms with van der Waals surface area (Å²) >= 11 is 6.60. The highest BCUT2D eigenvalue weighted by Gasteiger charge is 2.61. The number of rotatable bonds is 0. The minimum Gasteiger partial charge on any atom is -0.365 e. The molecule has 0 aromatic rings. The van der Waals surface area contributed by atoms with E-state index < -0.39 is 5.79 Å². The Morgan fingerprint density at radius 1 is 1.12 bits per heavy atom. The lowest BCUT2D eigenvalue weighted by molar-refractivity contribution is -0.287. The molecule has 2 heterocycles. The number of halogens is 1. The topological polar surface area (TPSA) is 29.5 Å². The normalized spacial score (nSPS) is 56.6. The number of fused-ring (bicyclic) bond motifs is 4. The quantitative estimate of drug-likeness (QED) is 0.676. The summed E-state index contributed by atoms with van der Waals surface area (Å²) in [6, 6.07) is 0. The van der Waals surface area contributed by atoms with Gasteiger partial charge in [-0.25, -0.2) is 0 Å². The summed E-state index contributed by atoms with van der Waals surface area (Å²) in [7, 11) is 0. The first-order chi connectivity index (χ1) is 7.75. The van der Waals surface area contributed by atoms with Crippen LogP contribution in [0, 0.1) is 17.3 Å². The summed E-state index contributed by atoms with van der Waals surface area (Å²) in [5, 5.41) is 10.7. The Labute approximate surface area is 109 Å².